The molecule has 0 aromatic carbocycles. The van der Waals surface area contributed by atoms with Crippen LogP contribution in [0.2, 0.25) is 0 Å². The van der Waals surface area contributed by atoms with Gasteiger partial charge in [-0.1, -0.05) is 5.16 Å². The lowest BCUT2D eigenvalue weighted by molar-refractivity contribution is -0.140. The van der Waals surface area contributed by atoms with Crippen LogP contribution in [0.5, 0.6) is 0 Å². The number of amidine groups is 1. The van der Waals surface area contributed by atoms with Crippen LogP contribution < -0.4 is 16.0 Å². The Kier molecular flexibility index (Phi) is 3.83. The molecule has 21 heavy (non-hydrogen) atoms. The lowest BCUT2D eigenvalue weighted by Crippen LogP contribution is -2.40. The minimum atomic E-state index is -0.622. The van der Waals surface area contributed by atoms with Crippen LogP contribution in [0.25, 0.3) is 0 Å². The number of pyridine rings is 1. The van der Waals surface area contributed by atoms with Crippen LogP contribution in [0.3, 0.4) is 0 Å². The third-order valence-electron chi connectivity index (χ3n) is 3.41. The van der Waals surface area contributed by atoms with Gasteiger partial charge in [0.2, 0.25) is 0 Å². The molecule has 2 aliphatic rings. The summed E-state index contributed by atoms with van der Waals surface area (Å²) in [6.07, 6.45) is 4.47. The number of oxime groups is 1. The summed E-state index contributed by atoms with van der Waals surface area (Å²) in [5.74, 6) is 0.310. The lowest BCUT2D eigenvalue weighted by atomic mass is 10.3. The molecule has 112 valence electrons. The van der Waals surface area contributed by atoms with Gasteiger partial charge in [0.15, 0.2) is 5.82 Å². The molecule has 0 radical (unpaired) electrons. The molecule has 1 aliphatic heterocycles. The van der Waals surface area contributed by atoms with E-state index in [1.54, 1.807) is 6.20 Å². The first-order valence-corrected chi connectivity index (χ1v) is 7.30. The molecular formula is C13H16ClN5O2. The van der Waals surface area contributed by atoms with Gasteiger partial charge in [-0.05, 0) is 25.0 Å². The molecule has 7 nitrogen and oxygen atoms in total. The van der Waals surface area contributed by atoms with Crippen molar-refractivity contribution in [2.24, 2.45) is 10.9 Å². The van der Waals surface area contributed by atoms with Crippen LogP contribution >= 0.6 is 11.6 Å². The summed E-state index contributed by atoms with van der Waals surface area (Å²) in [5, 5.41) is 6.98. The summed E-state index contributed by atoms with van der Waals surface area (Å²) in [6, 6.07) is 4.36. The van der Waals surface area contributed by atoms with Crippen LogP contribution in [-0.4, -0.2) is 34.9 Å². The highest BCUT2D eigenvalue weighted by molar-refractivity contribution is 6.26. The van der Waals surface area contributed by atoms with Crippen LogP contribution in [0.4, 0.5) is 11.5 Å². The van der Waals surface area contributed by atoms with E-state index in [1.165, 1.54) is 0 Å². The van der Waals surface area contributed by atoms with E-state index >= 15 is 0 Å². The van der Waals surface area contributed by atoms with Crippen molar-refractivity contribution >= 4 is 34.9 Å². The third kappa shape index (κ3) is 3.02. The van der Waals surface area contributed by atoms with E-state index < -0.39 is 5.97 Å². The monoisotopic (exact) mass is 309 g/mol. The average molecular weight is 310 g/mol. The highest BCUT2D eigenvalue weighted by Gasteiger charge is 2.40. The second-order valence-electron chi connectivity index (χ2n) is 5.06. The Hall–Kier alpha value is -2.02. The van der Waals surface area contributed by atoms with Crippen molar-refractivity contribution in [2.75, 3.05) is 16.1 Å². The number of nitrogens with one attached hydrogen (secondary N) is 1. The van der Waals surface area contributed by atoms with Crippen LogP contribution in [-0.2, 0) is 9.63 Å². The van der Waals surface area contributed by atoms with Gasteiger partial charge < -0.3 is 20.8 Å². The van der Waals surface area contributed by atoms with Crippen molar-refractivity contribution in [2.45, 2.75) is 31.5 Å². The van der Waals surface area contributed by atoms with E-state index in [4.69, 9.17) is 17.3 Å². The number of hydrogen-bond donors (Lipinski definition) is 2. The largest absolute Gasteiger partial charge is 0.384 e. The summed E-state index contributed by atoms with van der Waals surface area (Å²) >= 11 is 5.33. The van der Waals surface area contributed by atoms with E-state index in [2.05, 4.69) is 25.2 Å². The number of nitrogens with two attached hydrogens (primary N) is 1. The van der Waals surface area contributed by atoms with Gasteiger partial charge in [0.05, 0.1) is 5.69 Å². The molecule has 1 aliphatic carbocycles. The number of aromatic nitrogens is 1. The molecule has 0 amide bonds. The molecule has 8 heteroatoms. The quantitative estimate of drug-likeness (QED) is 0.279. The first-order chi connectivity index (χ1) is 10.2. The van der Waals surface area contributed by atoms with Crippen molar-refractivity contribution in [1.29, 1.82) is 0 Å². The van der Waals surface area contributed by atoms with E-state index in [1.807, 2.05) is 12.1 Å². The zero-order chi connectivity index (χ0) is 14.8. The standard InChI is InChI=1S/C13H16ClN5O2/c14-7-12(20)21-18-10(15)6-11-17-9-2-1-5-16-13(9)19(11)8-3-4-8/h1-2,5,8,11,17H,3-4,6-7H2,(H2,15,18). The van der Waals surface area contributed by atoms with Gasteiger partial charge in [-0.25, -0.2) is 9.78 Å². The summed E-state index contributed by atoms with van der Waals surface area (Å²) in [4.78, 5) is 22.2. The molecule has 1 aromatic rings. The van der Waals surface area contributed by atoms with Crippen molar-refractivity contribution < 1.29 is 9.63 Å². The second kappa shape index (κ2) is 5.77. The fourth-order valence-corrected chi connectivity index (χ4v) is 2.46. The van der Waals surface area contributed by atoms with Crippen molar-refractivity contribution in [1.82, 2.24) is 4.98 Å². The number of anilines is 2. The molecule has 0 saturated heterocycles. The first kappa shape index (κ1) is 13.9. The molecule has 2 heterocycles. The van der Waals surface area contributed by atoms with Gasteiger partial charge in [0, 0.05) is 18.7 Å². The Morgan fingerprint density at radius 2 is 2.43 bits per heavy atom. The summed E-state index contributed by atoms with van der Waals surface area (Å²) in [7, 11) is 0. The molecule has 3 rings (SSSR count). The second-order valence-corrected chi connectivity index (χ2v) is 5.32. The van der Waals surface area contributed by atoms with Gasteiger partial charge >= 0.3 is 5.97 Å². The number of fused-ring (bicyclic) bond motifs is 1. The molecule has 1 atom stereocenters. The Bertz CT molecular complexity index is 575. The predicted molar refractivity (Wildman–Crippen MR) is 80.2 cm³/mol. The van der Waals surface area contributed by atoms with Gasteiger partial charge in [0.1, 0.15) is 17.9 Å². The highest BCUT2D eigenvalue weighted by atomic mass is 35.5. The fourth-order valence-electron chi connectivity index (χ4n) is 2.41. The van der Waals surface area contributed by atoms with E-state index in [0.717, 1.165) is 24.3 Å². The maximum Gasteiger partial charge on any atom is 0.349 e. The number of carbonyl (C=O) groups excluding carboxylic acids is 1. The number of alkyl halides is 1. The number of rotatable bonds is 5. The van der Waals surface area contributed by atoms with Gasteiger partial charge in [0.25, 0.3) is 0 Å². The van der Waals surface area contributed by atoms with E-state index in [-0.39, 0.29) is 17.9 Å². The Morgan fingerprint density at radius 1 is 1.62 bits per heavy atom. The Balaban J connectivity index is 1.70. The normalized spacial score (nSPS) is 20.9. The Morgan fingerprint density at radius 3 is 3.14 bits per heavy atom. The molecule has 1 aromatic heterocycles. The fraction of sp³-hybridized carbons (Fsp3) is 0.462. The van der Waals surface area contributed by atoms with E-state index in [0.29, 0.717) is 12.5 Å². The third-order valence-corrected chi connectivity index (χ3v) is 3.62. The summed E-state index contributed by atoms with van der Waals surface area (Å²) < 4.78 is 0. The molecule has 1 unspecified atom stereocenters. The van der Waals surface area contributed by atoms with Crippen molar-refractivity contribution in [3.05, 3.63) is 18.3 Å². The number of hydrogen-bond acceptors (Lipinski definition) is 6. The molecule has 1 fully saturated rings. The topological polar surface area (TPSA) is 92.8 Å². The van der Waals surface area contributed by atoms with Crippen LogP contribution in [0, 0.1) is 0 Å². The van der Waals surface area contributed by atoms with Gasteiger partial charge in [-0.15, -0.1) is 11.6 Å². The molecular weight excluding hydrogens is 294 g/mol. The van der Waals surface area contributed by atoms with Crippen LogP contribution in [0.15, 0.2) is 23.5 Å². The van der Waals surface area contributed by atoms with Crippen LogP contribution in [0.1, 0.15) is 19.3 Å². The molecule has 3 N–H and O–H groups in total. The molecule has 1 saturated carbocycles. The molecule has 0 spiro atoms. The highest BCUT2D eigenvalue weighted by Crippen LogP contribution is 2.41. The van der Waals surface area contributed by atoms with Gasteiger partial charge in [-0.2, -0.15) is 0 Å². The smallest absolute Gasteiger partial charge is 0.349 e. The zero-order valence-corrected chi connectivity index (χ0v) is 12.1. The average Bonchev–Trinajstić information content (AvgIpc) is 3.26. The minimum Gasteiger partial charge on any atom is -0.384 e. The lowest BCUT2D eigenvalue weighted by Gasteiger charge is -2.25. The van der Waals surface area contributed by atoms with E-state index in [9.17, 15) is 4.79 Å². The van der Waals surface area contributed by atoms with Crippen molar-refractivity contribution in [3.8, 4) is 0 Å². The summed E-state index contributed by atoms with van der Waals surface area (Å²) in [6.45, 7) is 0. The predicted octanol–water partition coefficient (Wildman–Crippen LogP) is 1.25. The Labute approximate surface area is 127 Å². The first-order valence-electron chi connectivity index (χ1n) is 6.77. The zero-order valence-electron chi connectivity index (χ0n) is 11.3. The van der Waals surface area contributed by atoms with Crippen molar-refractivity contribution in [3.63, 3.8) is 0 Å². The number of halogens is 1. The summed E-state index contributed by atoms with van der Waals surface area (Å²) in [5.41, 5.74) is 6.80. The SMILES string of the molecule is N/C(CC1Nc2cccnc2N1C1CC1)=N\OC(=O)CCl. The number of carbonyl (C=O) groups is 1. The minimum absolute atomic E-state index is 0.0270. The number of nitrogens with zero attached hydrogens (tertiary/aromatic N) is 3. The van der Waals surface area contributed by atoms with Gasteiger partial charge in [-0.3, -0.25) is 0 Å². The molecule has 0 bridgehead atoms. The maximum atomic E-state index is 11.0. The maximum absolute atomic E-state index is 11.0.